The third kappa shape index (κ3) is 5.46. The molecule has 0 aliphatic heterocycles. The van der Waals surface area contributed by atoms with E-state index in [4.69, 9.17) is 4.74 Å². The second-order valence-corrected chi connectivity index (χ2v) is 6.35. The van der Waals surface area contributed by atoms with Gasteiger partial charge in [0.15, 0.2) is 0 Å². The summed E-state index contributed by atoms with van der Waals surface area (Å²) in [4.78, 5) is 0. The third-order valence-corrected chi connectivity index (χ3v) is 4.72. The Morgan fingerprint density at radius 1 is 0.955 bits per heavy atom. The molecule has 0 unspecified atom stereocenters. The summed E-state index contributed by atoms with van der Waals surface area (Å²) in [5.74, 6) is 1.67. The van der Waals surface area contributed by atoms with Crippen LogP contribution in [-0.4, -0.2) is 6.61 Å². The normalized spacial score (nSPS) is 22.6. The van der Waals surface area contributed by atoms with E-state index in [2.05, 4.69) is 43.3 Å². The minimum absolute atomic E-state index is 0.703. The highest BCUT2D eigenvalue weighted by Gasteiger charge is 2.21. The first-order valence-corrected chi connectivity index (χ1v) is 8.72. The van der Waals surface area contributed by atoms with Gasteiger partial charge in [-0.2, -0.15) is 0 Å². The Hall–Kier alpha value is -1.34. The molecule has 0 N–H and O–H groups in total. The van der Waals surface area contributed by atoms with Crippen LogP contribution in [0.1, 0.15) is 63.0 Å². The van der Waals surface area contributed by atoms with Gasteiger partial charge in [-0.15, -0.1) is 0 Å². The molecule has 1 fully saturated rings. The molecular formula is C21H30O. The van der Waals surface area contributed by atoms with E-state index in [9.17, 15) is 0 Å². The molecule has 120 valence electrons. The van der Waals surface area contributed by atoms with Gasteiger partial charge in [-0.25, -0.2) is 0 Å². The van der Waals surface area contributed by atoms with Crippen LogP contribution in [-0.2, 0) is 11.3 Å². The van der Waals surface area contributed by atoms with Crippen molar-refractivity contribution in [3.05, 3.63) is 59.7 Å². The fraction of sp³-hybridized carbons (Fsp3) is 0.524. The summed E-state index contributed by atoms with van der Waals surface area (Å²) in [6.07, 6.45) is 15.3. The van der Waals surface area contributed by atoms with Crippen molar-refractivity contribution in [1.82, 2.24) is 0 Å². The van der Waals surface area contributed by atoms with E-state index in [0.717, 1.165) is 11.8 Å². The molecule has 1 aromatic carbocycles. The van der Waals surface area contributed by atoms with E-state index < -0.39 is 0 Å². The van der Waals surface area contributed by atoms with Crippen LogP contribution in [0.15, 0.2) is 48.6 Å². The number of hydrogen-bond acceptors (Lipinski definition) is 1. The molecule has 0 amide bonds. The molecule has 2 rings (SSSR count). The summed E-state index contributed by atoms with van der Waals surface area (Å²) >= 11 is 0. The number of ether oxygens (including phenoxy) is 1. The highest BCUT2D eigenvalue weighted by atomic mass is 16.5. The minimum Gasteiger partial charge on any atom is -0.373 e. The quantitative estimate of drug-likeness (QED) is 0.442. The van der Waals surface area contributed by atoms with Crippen molar-refractivity contribution in [3.8, 4) is 0 Å². The van der Waals surface area contributed by atoms with Crippen LogP contribution in [0, 0.1) is 5.92 Å². The predicted octanol–water partition coefficient (Wildman–Crippen LogP) is 6.02. The van der Waals surface area contributed by atoms with Crippen molar-refractivity contribution in [1.29, 1.82) is 0 Å². The summed E-state index contributed by atoms with van der Waals surface area (Å²) in [6, 6.07) is 9.09. The van der Waals surface area contributed by atoms with Crippen molar-refractivity contribution in [2.75, 3.05) is 6.61 Å². The maximum Gasteiger partial charge on any atom is 0.0721 e. The summed E-state index contributed by atoms with van der Waals surface area (Å²) in [6.45, 7) is 5.55. The SMILES string of the molecule is C/C=C/COCc1ccc(C2CCC(C/C=C/C)CC2)cc1. The smallest absolute Gasteiger partial charge is 0.0721 e. The van der Waals surface area contributed by atoms with Crippen LogP contribution in [0.25, 0.3) is 0 Å². The van der Waals surface area contributed by atoms with Gasteiger partial charge in [-0.05, 0) is 68.9 Å². The second kappa shape index (κ2) is 9.63. The zero-order chi connectivity index (χ0) is 15.6. The molecule has 1 aromatic rings. The van der Waals surface area contributed by atoms with Gasteiger partial charge < -0.3 is 4.74 Å². The summed E-state index contributed by atoms with van der Waals surface area (Å²) in [5.41, 5.74) is 2.79. The number of allylic oxidation sites excluding steroid dienone is 3. The third-order valence-electron chi connectivity index (χ3n) is 4.72. The van der Waals surface area contributed by atoms with Crippen LogP contribution in [0.4, 0.5) is 0 Å². The molecule has 0 atom stereocenters. The van der Waals surface area contributed by atoms with Crippen molar-refractivity contribution >= 4 is 0 Å². The van der Waals surface area contributed by atoms with Gasteiger partial charge in [0.05, 0.1) is 13.2 Å². The zero-order valence-electron chi connectivity index (χ0n) is 14.1. The van der Waals surface area contributed by atoms with Gasteiger partial charge in [0.25, 0.3) is 0 Å². The molecule has 0 spiro atoms. The Morgan fingerprint density at radius 3 is 2.27 bits per heavy atom. The van der Waals surface area contributed by atoms with Crippen molar-refractivity contribution in [2.45, 2.75) is 58.5 Å². The van der Waals surface area contributed by atoms with E-state index >= 15 is 0 Å². The van der Waals surface area contributed by atoms with Gasteiger partial charge in [0, 0.05) is 0 Å². The Bertz CT molecular complexity index is 461. The monoisotopic (exact) mass is 298 g/mol. The summed E-state index contributed by atoms with van der Waals surface area (Å²) in [5, 5.41) is 0. The molecule has 0 heterocycles. The van der Waals surface area contributed by atoms with Crippen molar-refractivity contribution in [2.24, 2.45) is 5.92 Å². The molecule has 1 saturated carbocycles. The average Bonchev–Trinajstić information content (AvgIpc) is 2.58. The molecule has 0 radical (unpaired) electrons. The number of hydrogen-bond donors (Lipinski definition) is 0. The van der Waals surface area contributed by atoms with E-state index in [1.54, 1.807) is 0 Å². The van der Waals surface area contributed by atoms with Crippen molar-refractivity contribution < 1.29 is 4.74 Å². The lowest BCUT2D eigenvalue weighted by molar-refractivity contribution is 0.148. The lowest BCUT2D eigenvalue weighted by Gasteiger charge is -2.28. The molecule has 0 aromatic heterocycles. The highest BCUT2D eigenvalue weighted by molar-refractivity contribution is 5.25. The highest BCUT2D eigenvalue weighted by Crippen LogP contribution is 2.37. The standard InChI is InChI=1S/C21H30O/c1-3-5-7-18-8-12-20(13-9-18)21-14-10-19(11-15-21)17-22-16-6-4-2/h3-6,10-11,14-15,18,20H,7-9,12-13,16-17H2,1-2H3/b5-3+,6-4+. The molecule has 1 heteroatoms. The first-order valence-electron chi connectivity index (χ1n) is 8.72. The molecule has 1 aliphatic carbocycles. The Morgan fingerprint density at radius 2 is 1.64 bits per heavy atom. The van der Waals surface area contributed by atoms with E-state index in [1.165, 1.54) is 43.2 Å². The van der Waals surface area contributed by atoms with Gasteiger partial charge in [-0.3, -0.25) is 0 Å². The molecular weight excluding hydrogens is 268 g/mol. The van der Waals surface area contributed by atoms with Crippen LogP contribution in [0.2, 0.25) is 0 Å². The van der Waals surface area contributed by atoms with Crippen LogP contribution in [0.3, 0.4) is 0 Å². The minimum atomic E-state index is 0.703. The van der Waals surface area contributed by atoms with Crippen LogP contribution < -0.4 is 0 Å². The lowest BCUT2D eigenvalue weighted by Crippen LogP contribution is -2.12. The van der Waals surface area contributed by atoms with E-state index in [0.29, 0.717) is 13.2 Å². The Labute approximate surface area is 136 Å². The lowest BCUT2D eigenvalue weighted by atomic mass is 9.77. The number of rotatable bonds is 7. The number of benzene rings is 1. The largest absolute Gasteiger partial charge is 0.373 e. The topological polar surface area (TPSA) is 9.23 Å². The molecule has 1 nitrogen and oxygen atoms in total. The first-order chi connectivity index (χ1) is 10.8. The molecule has 0 bridgehead atoms. The maximum absolute atomic E-state index is 5.60. The molecule has 1 aliphatic rings. The fourth-order valence-electron chi connectivity index (χ4n) is 3.29. The Balaban J connectivity index is 1.79. The van der Waals surface area contributed by atoms with Gasteiger partial charge in [0.2, 0.25) is 0 Å². The van der Waals surface area contributed by atoms with Gasteiger partial charge >= 0.3 is 0 Å². The predicted molar refractivity (Wildman–Crippen MR) is 95.0 cm³/mol. The first kappa shape index (κ1) is 17.0. The maximum atomic E-state index is 5.60. The molecule has 0 saturated heterocycles. The Kier molecular flexibility index (Phi) is 7.45. The van der Waals surface area contributed by atoms with Gasteiger partial charge in [0.1, 0.15) is 0 Å². The molecule has 22 heavy (non-hydrogen) atoms. The van der Waals surface area contributed by atoms with Gasteiger partial charge in [-0.1, -0.05) is 48.6 Å². The van der Waals surface area contributed by atoms with Crippen LogP contribution >= 0.6 is 0 Å². The fourth-order valence-corrected chi connectivity index (χ4v) is 3.29. The van der Waals surface area contributed by atoms with Crippen molar-refractivity contribution in [3.63, 3.8) is 0 Å². The second-order valence-electron chi connectivity index (χ2n) is 6.35. The summed E-state index contributed by atoms with van der Waals surface area (Å²) in [7, 11) is 0. The van der Waals surface area contributed by atoms with Crippen LogP contribution in [0.5, 0.6) is 0 Å². The average molecular weight is 298 g/mol. The zero-order valence-corrected chi connectivity index (χ0v) is 14.1. The van der Waals surface area contributed by atoms with E-state index in [1.807, 2.05) is 19.1 Å². The van der Waals surface area contributed by atoms with E-state index in [-0.39, 0.29) is 0 Å². The summed E-state index contributed by atoms with van der Waals surface area (Å²) < 4.78 is 5.60.